The number of aromatic nitrogens is 3. The minimum absolute atomic E-state index is 0.00684. The molecular formula is C19H27F4N5O. The van der Waals surface area contributed by atoms with Crippen LogP contribution in [0.2, 0.25) is 0 Å². The summed E-state index contributed by atoms with van der Waals surface area (Å²) in [6, 6.07) is 0.105. The van der Waals surface area contributed by atoms with Crippen LogP contribution in [0.3, 0.4) is 0 Å². The monoisotopic (exact) mass is 417 g/mol. The summed E-state index contributed by atoms with van der Waals surface area (Å²) in [5.41, 5.74) is 0.211. The molecule has 6 nitrogen and oxygen atoms in total. The van der Waals surface area contributed by atoms with E-state index >= 15 is 0 Å². The van der Waals surface area contributed by atoms with Crippen LogP contribution in [0.4, 0.5) is 23.5 Å². The average Bonchev–Trinajstić information content (AvgIpc) is 3.05. The van der Waals surface area contributed by atoms with E-state index in [2.05, 4.69) is 25.2 Å². The lowest BCUT2D eigenvalue weighted by Crippen LogP contribution is -2.26. The molecule has 3 atom stereocenters. The summed E-state index contributed by atoms with van der Waals surface area (Å²) in [7, 11) is 1.99. The fourth-order valence-electron chi connectivity index (χ4n) is 3.61. The van der Waals surface area contributed by atoms with Crippen molar-refractivity contribution >= 4 is 11.5 Å². The van der Waals surface area contributed by atoms with Crippen molar-refractivity contribution in [2.75, 3.05) is 25.5 Å². The summed E-state index contributed by atoms with van der Waals surface area (Å²) >= 11 is 0. The maximum absolute atomic E-state index is 14.5. The summed E-state index contributed by atoms with van der Waals surface area (Å²) in [6.45, 7) is 2.82. The fourth-order valence-corrected chi connectivity index (χ4v) is 3.61. The maximum Gasteiger partial charge on any atom is 0.391 e. The molecule has 0 amide bonds. The molecule has 0 radical (unpaired) electrons. The first-order valence-corrected chi connectivity index (χ1v) is 9.97. The zero-order valence-corrected chi connectivity index (χ0v) is 16.6. The maximum atomic E-state index is 14.5. The third kappa shape index (κ3) is 5.63. The summed E-state index contributed by atoms with van der Waals surface area (Å²) in [5.74, 6) is -1.62. The Bertz CT molecular complexity index is 755. The number of alkyl halides is 3. The Labute approximate surface area is 167 Å². The summed E-state index contributed by atoms with van der Waals surface area (Å²) in [4.78, 5) is 15.0. The predicted octanol–water partition coefficient (Wildman–Crippen LogP) is 3.34. The second-order valence-corrected chi connectivity index (χ2v) is 8.01. The smallest absolute Gasteiger partial charge is 0.386 e. The Morgan fingerprint density at radius 3 is 2.66 bits per heavy atom. The molecule has 0 aromatic carbocycles. The number of halogens is 4. The van der Waals surface area contributed by atoms with Crippen LogP contribution in [0.5, 0.6) is 0 Å². The van der Waals surface area contributed by atoms with Crippen LogP contribution >= 0.6 is 0 Å². The van der Waals surface area contributed by atoms with Gasteiger partial charge in [-0.3, -0.25) is 0 Å². The van der Waals surface area contributed by atoms with Crippen molar-refractivity contribution < 1.29 is 22.7 Å². The second kappa shape index (κ2) is 8.91. The van der Waals surface area contributed by atoms with Crippen molar-refractivity contribution in [2.24, 2.45) is 5.92 Å². The van der Waals surface area contributed by atoms with Gasteiger partial charge in [0, 0.05) is 24.6 Å². The molecule has 2 N–H and O–H groups in total. The van der Waals surface area contributed by atoms with Crippen LogP contribution in [0.25, 0.3) is 5.57 Å². The number of likely N-dealkylation sites (N-methyl/N-ethyl adjacent to an activating group) is 1. The van der Waals surface area contributed by atoms with Gasteiger partial charge in [0.15, 0.2) is 5.82 Å². The molecule has 1 unspecified atom stereocenters. The van der Waals surface area contributed by atoms with Gasteiger partial charge in [0.05, 0.1) is 5.92 Å². The van der Waals surface area contributed by atoms with Gasteiger partial charge < -0.3 is 15.3 Å². The molecule has 0 spiro atoms. The lowest BCUT2D eigenvalue weighted by Gasteiger charge is -2.20. The largest absolute Gasteiger partial charge is 0.391 e. The van der Waals surface area contributed by atoms with Gasteiger partial charge in [0.25, 0.3) is 0 Å². The number of hydrogen-bond acceptors (Lipinski definition) is 6. The quantitative estimate of drug-likeness (QED) is 0.692. The first-order valence-electron chi connectivity index (χ1n) is 9.97. The third-order valence-corrected chi connectivity index (χ3v) is 5.52. The minimum Gasteiger partial charge on any atom is -0.386 e. The molecular weight excluding hydrogens is 390 g/mol. The molecule has 162 valence electrons. The Morgan fingerprint density at radius 2 is 2.00 bits per heavy atom. The number of anilines is 1. The molecule has 1 fully saturated rings. The minimum atomic E-state index is -4.28. The average molecular weight is 417 g/mol. The van der Waals surface area contributed by atoms with Crippen molar-refractivity contribution in [1.29, 1.82) is 0 Å². The molecule has 0 saturated carbocycles. The normalized spacial score (nSPS) is 24.8. The molecule has 0 bridgehead atoms. The first kappa shape index (κ1) is 21.9. The van der Waals surface area contributed by atoms with Gasteiger partial charge in [-0.25, -0.2) is 9.37 Å². The van der Waals surface area contributed by atoms with E-state index in [0.29, 0.717) is 19.3 Å². The van der Waals surface area contributed by atoms with Crippen molar-refractivity contribution in [1.82, 2.24) is 19.9 Å². The molecule has 1 aromatic rings. The van der Waals surface area contributed by atoms with Crippen LogP contribution in [0.1, 0.15) is 50.7 Å². The molecule has 1 aliphatic heterocycles. The number of hydrogen-bond donors (Lipinski definition) is 2. The highest BCUT2D eigenvalue weighted by Gasteiger charge is 2.35. The number of nitrogens with zero attached hydrogens (tertiary/aromatic N) is 4. The highest BCUT2D eigenvalue weighted by Crippen LogP contribution is 2.33. The van der Waals surface area contributed by atoms with E-state index in [9.17, 15) is 22.7 Å². The van der Waals surface area contributed by atoms with E-state index in [1.54, 1.807) is 0 Å². The van der Waals surface area contributed by atoms with Crippen molar-refractivity contribution in [2.45, 2.75) is 63.8 Å². The van der Waals surface area contributed by atoms with Crippen molar-refractivity contribution in [3.8, 4) is 0 Å². The first-order chi connectivity index (χ1) is 13.6. The van der Waals surface area contributed by atoms with Crippen molar-refractivity contribution in [3.63, 3.8) is 0 Å². The van der Waals surface area contributed by atoms with E-state index in [4.69, 9.17) is 0 Å². The van der Waals surface area contributed by atoms with Crippen LogP contribution in [0.15, 0.2) is 5.83 Å². The molecule has 1 saturated heterocycles. The SMILES string of the molecule is C[C@@H](CCc1nc(N[C@@H]2CCN(C)C2)nc(C2=C(F)C(O)CCC2)n1)C(F)(F)F. The number of allylic oxidation sites excluding steroid dienone is 1. The molecule has 2 heterocycles. The number of likely N-dealkylation sites (tertiary alicyclic amines) is 1. The van der Waals surface area contributed by atoms with Gasteiger partial charge in [-0.1, -0.05) is 6.92 Å². The zero-order chi connectivity index (χ0) is 21.2. The third-order valence-electron chi connectivity index (χ3n) is 5.52. The zero-order valence-electron chi connectivity index (χ0n) is 16.6. The molecule has 29 heavy (non-hydrogen) atoms. The number of rotatable bonds is 6. The van der Waals surface area contributed by atoms with E-state index in [1.165, 1.54) is 0 Å². The fraction of sp³-hybridized carbons (Fsp3) is 0.737. The van der Waals surface area contributed by atoms with Gasteiger partial charge in [-0.15, -0.1) is 0 Å². The van der Waals surface area contributed by atoms with Crippen LogP contribution in [-0.4, -0.2) is 63.4 Å². The summed E-state index contributed by atoms with van der Waals surface area (Å²) in [5, 5.41) is 13.0. The van der Waals surface area contributed by atoms with E-state index in [0.717, 1.165) is 26.4 Å². The summed E-state index contributed by atoms with van der Waals surface area (Å²) in [6.07, 6.45) is -3.46. The number of aliphatic hydroxyl groups excluding tert-OH is 1. The van der Waals surface area contributed by atoms with Gasteiger partial charge >= 0.3 is 6.18 Å². The van der Waals surface area contributed by atoms with Gasteiger partial charge in [-0.2, -0.15) is 23.1 Å². The Balaban J connectivity index is 1.86. The summed E-state index contributed by atoms with van der Waals surface area (Å²) < 4.78 is 53.0. The highest BCUT2D eigenvalue weighted by atomic mass is 19.4. The second-order valence-electron chi connectivity index (χ2n) is 8.01. The molecule has 10 heteroatoms. The van der Waals surface area contributed by atoms with Gasteiger partial charge in [0.2, 0.25) is 5.95 Å². The Morgan fingerprint density at radius 1 is 1.24 bits per heavy atom. The Kier molecular flexibility index (Phi) is 6.72. The number of nitrogens with one attached hydrogen (secondary N) is 1. The molecule has 1 aliphatic carbocycles. The van der Waals surface area contributed by atoms with Crippen LogP contribution in [0, 0.1) is 5.92 Å². The van der Waals surface area contributed by atoms with E-state index in [1.807, 2.05) is 7.05 Å². The Hall–Kier alpha value is -1.81. The van der Waals surface area contributed by atoms with Gasteiger partial charge in [0.1, 0.15) is 17.8 Å². The van der Waals surface area contributed by atoms with Crippen LogP contribution < -0.4 is 5.32 Å². The standard InChI is InChI=1S/C19H27F4N5O/c1-11(19(21,22)23)6-7-15-25-17(13-4-3-5-14(29)16(13)20)27-18(26-15)24-12-8-9-28(2)10-12/h11-12,14,29H,3-10H2,1-2H3,(H,24,25,26,27)/t11-,12+,14?/m0/s1. The molecule has 1 aromatic heterocycles. The lowest BCUT2D eigenvalue weighted by molar-refractivity contribution is -0.171. The number of aliphatic hydroxyl groups is 1. The number of aryl methyl sites for hydroxylation is 1. The highest BCUT2D eigenvalue weighted by molar-refractivity contribution is 5.64. The van der Waals surface area contributed by atoms with Gasteiger partial charge in [-0.05, 0) is 45.7 Å². The van der Waals surface area contributed by atoms with Crippen molar-refractivity contribution in [3.05, 3.63) is 17.5 Å². The molecule has 3 rings (SSSR count). The molecule has 2 aliphatic rings. The topological polar surface area (TPSA) is 74.2 Å². The lowest BCUT2D eigenvalue weighted by atomic mass is 9.95. The van der Waals surface area contributed by atoms with E-state index < -0.39 is 24.0 Å². The predicted molar refractivity (Wildman–Crippen MR) is 101 cm³/mol. The van der Waals surface area contributed by atoms with E-state index in [-0.39, 0.29) is 42.1 Å². The van der Waals surface area contributed by atoms with Crippen LogP contribution in [-0.2, 0) is 6.42 Å².